The van der Waals surface area contributed by atoms with Crippen LogP contribution in [-0.2, 0) is 13.1 Å². The van der Waals surface area contributed by atoms with Crippen LogP contribution < -0.4 is 5.43 Å². The number of benzene rings is 2. The van der Waals surface area contributed by atoms with Crippen LogP contribution in [0.1, 0.15) is 21.5 Å². The first-order chi connectivity index (χ1) is 15.3. The highest BCUT2D eigenvalue weighted by molar-refractivity contribution is 5.92. The van der Waals surface area contributed by atoms with Crippen molar-refractivity contribution in [1.29, 1.82) is 0 Å². The SMILES string of the molecule is CN1Cc2ccc(-c3nc4c(cc3F)c(=O)c(C(=O)O)cn4-c3ccc(O)cc3)cc2C1. The molecule has 0 spiro atoms. The van der Waals surface area contributed by atoms with E-state index in [2.05, 4.69) is 9.88 Å². The van der Waals surface area contributed by atoms with Crippen LogP contribution in [0.5, 0.6) is 5.75 Å². The maximum atomic E-state index is 15.1. The van der Waals surface area contributed by atoms with Crippen molar-refractivity contribution >= 4 is 17.0 Å². The number of aromatic hydroxyl groups is 1. The molecule has 7 nitrogen and oxygen atoms in total. The first-order valence-electron chi connectivity index (χ1n) is 9.91. The molecule has 160 valence electrons. The number of carboxylic acid groups (broad SMARTS) is 1. The van der Waals surface area contributed by atoms with E-state index in [0.717, 1.165) is 24.7 Å². The molecule has 2 N–H and O–H groups in total. The number of hydrogen-bond donors (Lipinski definition) is 2. The molecule has 2 aromatic heterocycles. The molecule has 0 aliphatic carbocycles. The lowest BCUT2D eigenvalue weighted by atomic mass is 10.0. The number of rotatable bonds is 3. The molecule has 0 amide bonds. The van der Waals surface area contributed by atoms with Crippen LogP contribution in [0.4, 0.5) is 4.39 Å². The fraction of sp³-hybridized carbons (Fsp3) is 0.125. The number of pyridine rings is 2. The van der Waals surface area contributed by atoms with Crippen LogP contribution in [0, 0.1) is 5.82 Å². The quantitative estimate of drug-likeness (QED) is 0.515. The van der Waals surface area contributed by atoms with Crippen molar-refractivity contribution in [3.63, 3.8) is 0 Å². The fourth-order valence-corrected chi connectivity index (χ4v) is 4.10. The van der Waals surface area contributed by atoms with E-state index in [1.165, 1.54) is 28.5 Å². The Morgan fingerprint density at radius 1 is 1.06 bits per heavy atom. The van der Waals surface area contributed by atoms with Crippen LogP contribution in [0.25, 0.3) is 28.0 Å². The molecule has 0 bridgehead atoms. The van der Waals surface area contributed by atoms with Gasteiger partial charge in [0, 0.05) is 30.5 Å². The molecule has 32 heavy (non-hydrogen) atoms. The summed E-state index contributed by atoms with van der Waals surface area (Å²) in [5.74, 6) is -2.10. The van der Waals surface area contributed by atoms with Gasteiger partial charge in [-0.05, 0) is 54.6 Å². The van der Waals surface area contributed by atoms with Crippen LogP contribution >= 0.6 is 0 Å². The van der Waals surface area contributed by atoms with Gasteiger partial charge in [-0.3, -0.25) is 9.69 Å². The Hall–Kier alpha value is -4.04. The molecule has 5 rings (SSSR count). The van der Waals surface area contributed by atoms with Gasteiger partial charge >= 0.3 is 5.97 Å². The Kier molecular flexibility index (Phi) is 4.53. The highest BCUT2D eigenvalue weighted by Gasteiger charge is 2.21. The van der Waals surface area contributed by atoms with Gasteiger partial charge in [0.25, 0.3) is 0 Å². The average Bonchev–Trinajstić information content (AvgIpc) is 3.13. The highest BCUT2D eigenvalue weighted by Crippen LogP contribution is 2.30. The normalized spacial score (nSPS) is 13.4. The minimum absolute atomic E-state index is 0.0281. The minimum Gasteiger partial charge on any atom is -0.508 e. The van der Waals surface area contributed by atoms with Gasteiger partial charge in [-0.2, -0.15) is 0 Å². The molecule has 4 aromatic rings. The lowest BCUT2D eigenvalue weighted by molar-refractivity contribution is 0.0695. The van der Waals surface area contributed by atoms with Gasteiger partial charge < -0.3 is 14.8 Å². The van der Waals surface area contributed by atoms with Gasteiger partial charge in [-0.25, -0.2) is 14.2 Å². The summed E-state index contributed by atoms with van der Waals surface area (Å²) in [6.45, 7) is 1.57. The molecule has 0 saturated heterocycles. The van der Waals surface area contributed by atoms with Crippen molar-refractivity contribution in [3.05, 3.63) is 87.5 Å². The van der Waals surface area contributed by atoms with E-state index in [0.29, 0.717) is 11.3 Å². The summed E-state index contributed by atoms with van der Waals surface area (Å²) in [5, 5.41) is 18.9. The topological polar surface area (TPSA) is 95.7 Å². The van der Waals surface area contributed by atoms with Crippen LogP contribution in [0.3, 0.4) is 0 Å². The summed E-state index contributed by atoms with van der Waals surface area (Å²) in [5.41, 5.74) is 2.19. The number of nitrogens with zero attached hydrogens (tertiary/aromatic N) is 3. The van der Waals surface area contributed by atoms with Gasteiger partial charge in [0.15, 0.2) is 0 Å². The van der Waals surface area contributed by atoms with Crippen molar-refractivity contribution in [2.45, 2.75) is 13.1 Å². The number of aromatic nitrogens is 2. The third kappa shape index (κ3) is 3.21. The van der Waals surface area contributed by atoms with E-state index in [4.69, 9.17) is 0 Å². The van der Waals surface area contributed by atoms with E-state index < -0.39 is 22.8 Å². The lowest BCUT2D eigenvalue weighted by Crippen LogP contribution is -2.19. The summed E-state index contributed by atoms with van der Waals surface area (Å²) in [6, 6.07) is 12.7. The zero-order valence-electron chi connectivity index (χ0n) is 17.0. The number of aromatic carboxylic acids is 1. The second-order valence-electron chi connectivity index (χ2n) is 7.91. The number of halogens is 1. The van der Waals surface area contributed by atoms with Crippen molar-refractivity contribution in [1.82, 2.24) is 14.5 Å². The Labute approximate surface area is 181 Å². The highest BCUT2D eigenvalue weighted by atomic mass is 19.1. The van der Waals surface area contributed by atoms with E-state index in [1.807, 2.05) is 19.2 Å². The van der Waals surface area contributed by atoms with Crippen LogP contribution in [0.15, 0.2) is 59.5 Å². The lowest BCUT2D eigenvalue weighted by Gasteiger charge is -2.14. The van der Waals surface area contributed by atoms with E-state index in [9.17, 15) is 19.8 Å². The van der Waals surface area contributed by atoms with Crippen molar-refractivity contribution < 1.29 is 19.4 Å². The second kappa shape index (κ2) is 7.28. The van der Waals surface area contributed by atoms with Gasteiger partial charge in [0.1, 0.15) is 28.5 Å². The predicted octanol–water partition coefficient (Wildman–Crippen LogP) is 3.54. The first-order valence-corrected chi connectivity index (χ1v) is 9.91. The molecule has 0 fully saturated rings. The van der Waals surface area contributed by atoms with Gasteiger partial charge in [-0.1, -0.05) is 12.1 Å². The number of hydrogen-bond acceptors (Lipinski definition) is 5. The third-order valence-electron chi connectivity index (χ3n) is 5.65. The number of carbonyl (C=O) groups is 1. The molecule has 2 aromatic carbocycles. The molecule has 1 aliphatic rings. The second-order valence-corrected chi connectivity index (χ2v) is 7.91. The molecule has 0 atom stereocenters. The Bertz CT molecular complexity index is 1460. The van der Waals surface area contributed by atoms with E-state index in [-0.39, 0.29) is 22.5 Å². The number of phenolic OH excluding ortho intramolecular Hbond substituents is 1. The van der Waals surface area contributed by atoms with Gasteiger partial charge in [0.05, 0.1) is 5.39 Å². The van der Waals surface area contributed by atoms with Crippen LogP contribution in [-0.4, -0.2) is 37.7 Å². The van der Waals surface area contributed by atoms with Crippen LogP contribution in [0.2, 0.25) is 0 Å². The monoisotopic (exact) mass is 431 g/mol. The number of carboxylic acids is 1. The number of fused-ring (bicyclic) bond motifs is 2. The van der Waals surface area contributed by atoms with E-state index in [1.54, 1.807) is 18.2 Å². The summed E-state index contributed by atoms with van der Waals surface area (Å²) in [4.78, 5) is 31.0. The average molecular weight is 431 g/mol. The zero-order chi connectivity index (χ0) is 22.6. The van der Waals surface area contributed by atoms with Gasteiger partial charge in [0.2, 0.25) is 5.43 Å². The Morgan fingerprint density at radius 3 is 2.50 bits per heavy atom. The standard InChI is InChI=1S/C24H18FN3O4/c1-27-10-14-3-2-13(8-15(14)11-27)21-20(25)9-18-22(30)19(24(31)32)12-28(23(18)26-21)16-4-6-17(29)7-5-16/h2-9,12,29H,10-11H2,1H3,(H,31,32). The van der Waals surface area contributed by atoms with Crippen molar-refractivity contribution in [2.75, 3.05) is 7.05 Å². The molecular formula is C24H18FN3O4. The first kappa shape index (κ1) is 19.9. The smallest absolute Gasteiger partial charge is 0.341 e. The molecule has 1 aliphatic heterocycles. The van der Waals surface area contributed by atoms with E-state index >= 15 is 4.39 Å². The molecule has 3 heterocycles. The maximum absolute atomic E-state index is 15.1. The minimum atomic E-state index is -1.42. The maximum Gasteiger partial charge on any atom is 0.341 e. The van der Waals surface area contributed by atoms with Crippen molar-refractivity contribution in [2.24, 2.45) is 0 Å². The third-order valence-corrected chi connectivity index (χ3v) is 5.65. The molecule has 0 radical (unpaired) electrons. The summed E-state index contributed by atoms with van der Waals surface area (Å²) in [6.07, 6.45) is 1.17. The van der Waals surface area contributed by atoms with Crippen molar-refractivity contribution in [3.8, 4) is 22.7 Å². The Morgan fingerprint density at radius 2 is 1.78 bits per heavy atom. The predicted molar refractivity (Wildman–Crippen MR) is 117 cm³/mol. The Balaban J connectivity index is 1.79. The fourth-order valence-electron chi connectivity index (χ4n) is 4.10. The molecule has 0 unspecified atom stereocenters. The molecule has 0 saturated carbocycles. The zero-order valence-corrected chi connectivity index (χ0v) is 17.0. The largest absolute Gasteiger partial charge is 0.508 e. The summed E-state index contributed by atoms with van der Waals surface area (Å²) < 4.78 is 16.6. The summed E-state index contributed by atoms with van der Waals surface area (Å²) >= 11 is 0. The molecule has 8 heteroatoms. The summed E-state index contributed by atoms with van der Waals surface area (Å²) in [7, 11) is 2.00. The number of phenols is 1. The van der Waals surface area contributed by atoms with Gasteiger partial charge in [-0.15, -0.1) is 0 Å². The molecular weight excluding hydrogens is 413 g/mol.